The molecule has 0 aliphatic rings. The molecule has 0 fully saturated rings. The number of rotatable bonds is 2. The molecule has 1 aromatic heterocycles. The van der Waals surface area contributed by atoms with Gasteiger partial charge in [-0.3, -0.25) is 10.1 Å². The highest BCUT2D eigenvalue weighted by molar-refractivity contribution is 5.72. The maximum absolute atomic E-state index is 12.6. The molecule has 5 heteroatoms. The van der Waals surface area contributed by atoms with E-state index in [1.807, 2.05) is 0 Å². The van der Waals surface area contributed by atoms with Gasteiger partial charge in [0.15, 0.2) is 0 Å². The van der Waals surface area contributed by atoms with Gasteiger partial charge >= 0.3 is 0 Å². The van der Waals surface area contributed by atoms with Gasteiger partial charge in [0.05, 0.1) is 10.5 Å². The molecule has 4 nitrogen and oxygen atoms in total. The predicted octanol–water partition coefficient (Wildman–Crippen LogP) is 2.80. The molecule has 2 aromatic rings. The largest absolute Gasteiger partial charge is 0.277 e. The Kier molecular flexibility index (Phi) is 2.59. The second-order valence-corrected chi connectivity index (χ2v) is 3.14. The first kappa shape index (κ1) is 10.2. The van der Waals surface area contributed by atoms with Crippen molar-refractivity contribution in [3.8, 4) is 11.1 Å². The van der Waals surface area contributed by atoms with Crippen LogP contribution in [0.2, 0.25) is 0 Å². The van der Waals surface area contributed by atoms with Crippen LogP contribution < -0.4 is 0 Å². The molecule has 80 valence electrons. The minimum atomic E-state index is -0.609. The lowest BCUT2D eigenvalue weighted by molar-refractivity contribution is -0.384. The highest BCUT2D eigenvalue weighted by atomic mass is 19.1. The molecule has 0 atom stereocenters. The van der Waals surface area contributed by atoms with Gasteiger partial charge in [-0.15, -0.1) is 0 Å². The maximum Gasteiger partial charge on any atom is 0.277 e. The molecule has 0 amide bonds. The van der Waals surface area contributed by atoms with E-state index in [1.54, 1.807) is 18.2 Å². The van der Waals surface area contributed by atoms with Crippen molar-refractivity contribution in [2.45, 2.75) is 0 Å². The number of hydrogen-bond donors (Lipinski definition) is 0. The molecular formula is C11H7FN2O2. The standard InChI is InChI=1S/C11H7FN2O2/c12-11-6-5-8(7-13-11)9-3-1-2-4-10(9)14(15)16/h1-7H. The monoisotopic (exact) mass is 218 g/mol. The van der Waals surface area contributed by atoms with E-state index in [2.05, 4.69) is 4.98 Å². The van der Waals surface area contributed by atoms with Gasteiger partial charge < -0.3 is 0 Å². The summed E-state index contributed by atoms with van der Waals surface area (Å²) in [6.45, 7) is 0. The van der Waals surface area contributed by atoms with Crippen molar-refractivity contribution < 1.29 is 9.31 Å². The van der Waals surface area contributed by atoms with Gasteiger partial charge in [-0.1, -0.05) is 12.1 Å². The molecule has 0 bridgehead atoms. The zero-order valence-electron chi connectivity index (χ0n) is 8.13. The highest BCUT2D eigenvalue weighted by Gasteiger charge is 2.13. The summed E-state index contributed by atoms with van der Waals surface area (Å²) in [5.74, 6) is -0.609. The van der Waals surface area contributed by atoms with Crippen molar-refractivity contribution in [1.82, 2.24) is 4.98 Å². The molecule has 2 rings (SSSR count). The second-order valence-electron chi connectivity index (χ2n) is 3.14. The summed E-state index contributed by atoms with van der Waals surface area (Å²) >= 11 is 0. The summed E-state index contributed by atoms with van der Waals surface area (Å²) in [7, 11) is 0. The number of nitro benzene ring substituents is 1. The molecule has 1 heterocycles. The zero-order valence-corrected chi connectivity index (χ0v) is 8.13. The maximum atomic E-state index is 12.6. The Balaban J connectivity index is 2.55. The molecular weight excluding hydrogens is 211 g/mol. The Morgan fingerprint density at radius 3 is 2.56 bits per heavy atom. The predicted molar refractivity (Wildman–Crippen MR) is 56.3 cm³/mol. The zero-order chi connectivity index (χ0) is 11.5. The molecule has 1 aromatic carbocycles. The Morgan fingerprint density at radius 2 is 1.94 bits per heavy atom. The Bertz CT molecular complexity index is 526. The number of pyridine rings is 1. The molecule has 0 saturated carbocycles. The van der Waals surface area contributed by atoms with Crippen LogP contribution in [0.1, 0.15) is 0 Å². The molecule has 0 unspecified atom stereocenters. The number of benzene rings is 1. The molecule has 0 aliphatic heterocycles. The van der Waals surface area contributed by atoms with Gasteiger partial charge in [-0.25, -0.2) is 4.98 Å². The van der Waals surface area contributed by atoms with E-state index < -0.39 is 10.9 Å². The third kappa shape index (κ3) is 1.88. The lowest BCUT2D eigenvalue weighted by Crippen LogP contribution is -1.92. The topological polar surface area (TPSA) is 56.0 Å². The summed E-state index contributed by atoms with van der Waals surface area (Å²) in [6.07, 6.45) is 1.28. The van der Waals surface area contributed by atoms with Crippen LogP contribution in [-0.4, -0.2) is 9.91 Å². The number of nitrogens with zero attached hydrogens (tertiary/aromatic N) is 2. The Hall–Kier alpha value is -2.30. The average molecular weight is 218 g/mol. The van der Waals surface area contributed by atoms with Crippen molar-refractivity contribution in [3.63, 3.8) is 0 Å². The second kappa shape index (κ2) is 4.06. The van der Waals surface area contributed by atoms with Crippen LogP contribution in [-0.2, 0) is 0 Å². The number of hydrogen-bond acceptors (Lipinski definition) is 3. The quantitative estimate of drug-likeness (QED) is 0.442. The van der Waals surface area contributed by atoms with Gasteiger partial charge in [-0.05, 0) is 18.2 Å². The summed E-state index contributed by atoms with van der Waals surface area (Å²) in [4.78, 5) is 13.8. The first-order valence-corrected chi connectivity index (χ1v) is 4.54. The summed E-state index contributed by atoms with van der Waals surface area (Å²) in [5.41, 5.74) is 0.935. The van der Waals surface area contributed by atoms with E-state index in [0.29, 0.717) is 11.1 Å². The minimum absolute atomic E-state index is 0.0177. The van der Waals surface area contributed by atoms with Crippen molar-refractivity contribution in [1.29, 1.82) is 0 Å². The first-order chi connectivity index (χ1) is 7.68. The van der Waals surface area contributed by atoms with E-state index >= 15 is 0 Å². The number of halogens is 1. The normalized spacial score (nSPS) is 10.1. The van der Waals surface area contributed by atoms with E-state index in [9.17, 15) is 14.5 Å². The first-order valence-electron chi connectivity index (χ1n) is 4.54. The van der Waals surface area contributed by atoms with Crippen LogP contribution in [0.4, 0.5) is 10.1 Å². The summed E-state index contributed by atoms with van der Waals surface area (Å²) in [6, 6.07) is 8.91. The third-order valence-corrected chi connectivity index (χ3v) is 2.14. The van der Waals surface area contributed by atoms with Gasteiger partial charge in [0.2, 0.25) is 5.95 Å². The van der Waals surface area contributed by atoms with E-state index in [0.717, 1.165) is 0 Å². The van der Waals surface area contributed by atoms with Crippen LogP contribution in [0, 0.1) is 16.1 Å². The fraction of sp³-hybridized carbons (Fsp3) is 0. The van der Waals surface area contributed by atoms with Crippen molar-refractivity contribution in [2.75, 3.05) is 0 Å². The molecule has 0 spiro atoms. The number of aromatic nitrogens is 1. The Morgan fingerprint density at radius 1 is 1.19 bits per heavy atom. The SMILES string of the molecule is O=[N+]([O-])c1ccccc1-c1ccc(F)nc1. The number of nitro groups is 1. The van der Waals surface area contributed by atoms with Gasteiger partial charge in [0.25, 0.3) is 5.69 Å². The molecule has 0 N–H and O–H groups in total. The molecule has 16 heavy (non-hydrogen) atoms. The van der Waals surface area contributed by atoms with Crippen LogP contribution in [0.3, 0.4) is 0 Å². The average Bonchev–Trinajstić information content (AvgIpc) is 2.30. The van der Waals surface area contributed by atoms with Gasteiger partial charge in [0.1, 0.15) is 0 Å². The van der Waals surface area contributed by atoms with E-state index in [4.69, 9.17) is 0 Å². The minimum Gasteiger partial charge on any atom is -0.258 e. The Labute approximate surface area is 90.5 Å². The van der Waals surface area contributed by atoms with E-state index in [1.165, 1.54) is 24.4 Å². The van der Waals surface area contributed by atoms with Gasteiger partial charge in [0, 0.05) is 17.8 Å². The lowest BCUT2D eigenvalue weighted by Gasteiger charge is -2.01. The molecule has 0 saturated heterocycles. The van der Waals surface area contributed by atoms with Crippen molar-refractivity contribution >= 4 is 5.69 Å². The van der Waals surface area contributed by atoms with Crippen LogP contribution in [0.25, 0.3) is 11.1 Å². The van der Waals surface area contributed by atoms with Crippen LogP contribution >= 0.6 is 0 Å². The van der Waals surface area contributed by atoms with Crippen molar-refractivity contribution in [3.05, 3.63) is 58.7 Å². The van der Waals surface area contributed by atoms with Gasteiger partial charge in [-0.2, -0.15) is 4.39 Å². The fourth-order valence-electron chi connectivity index (χ4n) is 1.41. The smallest absolute Gasteiger partial charge is 0.258 e. The fourth-order valence-corrected chi connectivity index (χ4v) is 1.41. The molecule has 0 aliphatic carbocycles. The summed E-state index contributed by atoms with van der Waals surface area (Å²) < 4.78 is 12.6. The highest BCUT2D eigenvalue weighted by Crippen LogP contribution is 2.28. The summed E-state index contributed by atoms with van der Waals surface area (Å²) in [5, 5.41) is 10.8. The third-order valence-electron chi connectivity index (χ3n) is 2.14. The van der Waals surface area contributed by atoms with Crippen molar-refractivity contribution in [2.24, 2.45) is 0 Å². The lowest BCUT2D eigenvalue weighted by atomic mass is 10.1. The van der Waals surface area contributed by atoms with E-state index in [-0.39, 0.29) is 5.69 Å². The van der Waals surface area contributed by atoms with Crippen LogP contribution in [0.5, 0.6) is 0 Å². The number of para-hydroxylation sites is 1. The van der Waals surface area contributed by atoms with Crippen LogP contribution in [0.15, 0.2) is 42.6 Å². The molecule has 0 radical (unpaired) electrons.